The van der Waals surface area contributed by atoms with E-state index in [0.717, 1.165) is 12.1 Å². The largest absolute Gasteiger partial charge is 0.496 e. The van der Waals surface area contributed by atoms with Gasteiger partial charge in [-0.3, -0.25) is 4.79 Å². The standard InChI is InChI=1S/C28H29F3N4O3/c1-17-12-20(13-18(2)38-17)34-23-7-4-8-25-22(23)15-21(35(25)16-28(29,30)31)6-5-11-33-24-10-9-19(27(32)36)14-26(24)37-3/h4,7-10,14-15,18,20,33-34H,1,11-13,16H2,2-3H3,(H2,32,36)/t18-,20-/m0/s1. The van der Waals surface area contributed by atoms with E-state index in [1.165, 1.54) is 17.7 Å². The predicted molar refractivity (Wildman–Crippen MR) is 141 cm³/mol. The highest BCUT2D eigenvalue weighted by Gasteiger charge is 2.30. The summed E-state index contributed by atoms with van der Waals surface area (Å²) in [6.07, 6.45) is -3.05. The topological polar surface area (TPSA) is 90.5 Å². The summed E-state index contributed by atoms with van der Waals surface area (Å²) in [5, 5.41) is 7.18. The zero-order valence-electron chi connectivity index (χ0n) is 21.1. The van der Waals surface area contributed by atoms with Crippen LogP contribution in [-0.2, 0) is 11.3 Å². The lowest BCUT2D eigenvalue weighted by Crippen LogP contribution is -2.31. The number of rotatable bonds is 7. The lowest BCUT2D eigenvalue weighted by atomic mass is 10.0. The number of amides is 1. The highest BCUT2D eigenvalue weighted by Crippen LogP contribution is 2.32. The Morgan fingerprint density at radius 2 is 2.05 bits per heavy atom. The van der Waals surface area contributed by atoms with Crippen LogP contribution in [-0.4, -0.2) is 42.5 Å². The van der Waals surface area contributed by atoms with Gasteiger partial charge >= 0.3 is 6.18 Å². The second-order valence-electron chi connectivity index (χ2n) is 9.15. The molecule has 200 valence electrons. The number of carbonyl (C=O) groups is 1. The normalized spacial score (nSPS) is 17.3. The summed E-state index contributed by atoms with van der Waals surface area (Å²) in [7, 11) is 1.45. The van der Waals surface area contributed by atoms with Crippen molar-refractivity contribution >= 4 is 28.2 Å². The number of ether oxygens (including phenoxy) is 2. The third-order valence-electron chi connectivity index (χ3n) is 6.17. The lowest BCUT2D eigenvalue weighted by Gasteiger charge is -2.31. The number of benzene rings is 2. The summed E-state index contributed by atoms with van der Waals surface area (Å²) in [4.78, 5) is 11.4. The van der Waals surface area contributed by atoms with Crippen LogP contribution in [0.1, 0.15) is 35.8 Å². The molecule has 2 atom stereocenters. The molecule has 1 fully saturated rings. The maximum Gasteiger partial charge on any atom is 0.406 e. The number of hydrogen-bond acceptors (Lipinski definition) is 5. The minimum Gasteiger partial charge on any atom is -0.496 e. The van der Waals surface area contributed by atoms with E-state index in [1.807, 2.05) is 13.0 Å². The van der Waals surface area contributed by atoms with Gasteiger partial charge in [0, 0.05) is 35.5 Å². The van der Waals surface area contributed by atoms with E-state index in [4.69, 9.17) is 15.2 Å². The van der Waals surface area contributed by atoms with Crippen molar-refractivity contribution in [3.8, 4) is 17.6 Å². The Bertz CT molecular complexity index is 1420. The molecule has 0 radical (unpaired) electrons. The first-order chi connectivity index (χ1) is 18.0. The van der Waals surface area contributed by atoms with Crippen LogP contribution in [0, 0.1) is 11.8 Å². The van der Waals surface area contributed by atoms with Crippen molar-refractivity contribution in [2.75, 3.05) is 24.3 Å². The molecule has 4 N–H and O–H groups in total. The predicted octanol–water partition coefficient (Wildman–Crippen LogP) is 5.27. The van der Waals surface area contributed by atoms with Crippen molar-refractivity contribution in [1.29, 1.82) is 0 Å². The SMILES string of the molecule is C=C1C[C@H](Nc2cccc3c2cc(C#CCNc2ccc(C(N)=O)cc2OC)n3CC(F)(F)F)C[C@H](C)O1. The van der Waals surface area contributed by atoms with Crippen molar-refractivity contribution in [2.24, 2.45) is 5.73 Å². The number of nitrogens with zero attached hydrogens (tertiary/aromatic N) is 1. The molecule has 0 unspecified atom stereocenters. The first-order valence-corrected chi connectivity index (χ1v) is 12.0. The van der Waals surface area contributed by atoms with E-state index in [9.17, 15) is 18.0 Å². The Balaban J connectivity index is 1.61. The van der Waals surface area contributed by atoms with Gasteiger partial charge in [0.1, 0.15) is 12.3 Å². The minimum absolute atomic E-state index is 0.00216. The highest BCUT2D eigenvalue weighted by molar-refractivity contribution is 5.94. The van der Waals surface area contributed by atoms with Crippen molar-refractivity contribution in [3.05, 3.63) is 66.1 Å². The molecule has 3 aromatic rings. The van der Waals surface area contributed by atoms with Gasteiger partial charge in [-0.05, 0) is 49.2 Å². The Hall–Kier alpha value is -4.26. The molecule has 38 heavy (non-hydrogen) atoms. The smallest absolute Gasteiger partial charge is 0.406 e. The zero-order chi connectivity index (χ0) is 27.4. The maximum atomic E-state index is 13.5. The van der Waals surface area contributed by atoms with Gasteiger partial charge in [0.2, 0.25) is 5.91 Å². The number of anilines is 2. The molecular formula is C28H29F3N4O3. The fourth-order valence-corrected chi connectivity index (χ4v) is 4.60. The average Bonchev–Trinajstić information content (AvgIpc) is 3.18. The molecule has 1 aromatic heterocycles. The van der Waals surface area contributed by atoms with Crippen LogP contribution in [0.25, 0.3) is 10.9 Å². The number of fused-ring (bicyclic) bond motifs is 1. The number of nitrogens with one attached hydrogen (secondary N) is 2. The van der Waals surface area contributed by atoms with Crippen LogP contribution in [0.15, 0.2) is 54.8 Å². The van der Waals surface area contributed by atoms with E-state index >= 15 is 0 Å². The molecule has 0 spiro atoms. The molecule has 1 amide bonds. The molecule has 0 bridgehead atoms. The molecule has 2 aromatic carbocycles. The Labute approximate surface area is 218 Å². The molecular weight excluding hydrogens is 497 g/mol. The van der Waals surface area contributed by atoms with Gasteiger partial charge in [0.05, 0.1) is 42.4 Å². The molecule has 2 heterocycles. The van der Waals surface area contributed by atoms with E-state index in [-0.39, 0.29) is 24.4 Å². The lowest BCUT2D eigenvalue weighted by molar-refractivity contribution is -0.140. The van der Waals surface area contributed by atoms with E-state index in [0.29, 0.717) is 40.1 Å². The molecule has 1 aliphatic rings. The van der Waals surface area contributed by atoms with Gasteiger partial charge in [0.15, 0.2) is 0 Å². The monoisotopic (exact) mass is 526 g/mol. The second-order valence-corrected chi connectivity index (χ2v) is 9.15. The van der Waals surface area contributed by atoms with Gasteiger partial charge in [0.25, 0.3) is 0 Å². The van der Waals surface area contributed by atoms with Crippen LogP contribution in [0.2, 0.25) is 0 Å². The van der Waals surface area contributed by atoms with Crippen molar-refractivity contribution < 1.29 is 27.4 Å². The molecule has 0 saturated carbocycles. The fourth-order valence-electron chi connectivity index (χ4n) is 4.60. The molecule has 1 aliphatic heterocycles. The van der Waals surface area contributed by atoms with Crippen LogP contribution >= 0.6 is 0 Å². The quantitative estimate of drug-likeness (QED) is 0.365. The van der Waals surface area contributed by atoms with E-state index in [1.54, 1.807) is 30.3 Å². The van der Waals surface area contributed by atoms with Crippen molar-refractivity contribution in [1.82, 2.24) is 4.57 Å². The third kappa shape index (κ3) is 6.35. The number of halogens is 3. The molecule has 1 saturated heterocycles. The summed E-state index contributed by atoms with van der Waals surface area (Å²) in [6.45, 7) is 4.85. The first kappa shape index (κ1) is 26.8. The number of methoxy groups -OCH3 is 1. The summed E-state index contributed by atoms with van der Waals surface area (Å²) >= 11 is 0. The summed E-state index contributed by atoms with van der Waals surface area (Å²) < 4.78 is 52.6. The van der Waals surface area contributed by atoms with Crippen molar-refractivity contribution in [2.45, 2.75) is 44.6 Å². The highest BCUT2D eigenvalue weighted by atomic mass is 19.4. The van der Waals surface area contributed by atoms with Crippen LogP contribution < -0.4 is 21.1 Å². The number of hydrogen-bond donors (Lipinski definition) is 3. The zero-order valence-corrected chi connectivity index (χ0v) is 21.1. The van der Waals surface area contributed by atoms with Gasteiger partial charge in [-0.2, -0.15) is 13.2 Å². The van der Waals surface area contributed by atoms with Gasteiger partial charge in [-0.15, -0.1) is 0 Å². The Morgan fingerprint density at radius 1 is 1.26 bits per heavy atom. The number of carbonyl (C=O) groups excluding carboxylic acids is 1. The number of primary amides is 1. The summed E-state index contributed by atoms with van der Waals surface area (Å²) in [6, 6.07) is 11.7. The van der Waals surface area contributed by atoms with Gasteiger partial charge in [-0.25, -0.2) is 0 Å². The van der Waals surface area contributed by atoms with Gasteiger partial charge < -0.3 is 30.4 Å². The molecule has 4 rings (SSSR count). The van der Waals surface area contributed by atoms with Crippen LogP contribution in [0.4, 0.5) is 24.5 Å². The molecule has 10 heteroatoms. The fraction of sp³-hybridized carbons (Fsp3) is 0.321. The number of alkyl halides is 3. The summed E-state index contributed by atoms with van der Waals surface area (Å²) in [5.74, 6) is 6.27. The van der Waals surface area contributed by atoms with Crippen LogP contribution in [0.5, 0.6) is 5.75 Å². The Morgan fingerprint density at radius 3 is 2.74 bits per heavy atom. The van der Waals surface area contributed by atoms with E-state index < -0.39 is 18.6 Å². The number of nitrogens with two attached hydrogens (primary N) is 1. The maximum absolute atomic E-state index is 13.5. The minimum atomic E-state index is -4.42. The Kier molecular flexibility index (Phi) is 7.76. The molecule has 7 nitrogen and oxygen atoms in total. The van der Waals surface area contributed by atoms with Crippen LogP contribution in [0.3, 0.4) is 0 Å². The number of aromatic nitrogens is 1. The summed E-state index contributed by atoms with van der Waals surface area (Å²) in [5.41, 5.74) is 7.58. The van der Waals surface area contributed by atoms with E-state index in [2.05, 4.69) is 29.1 Å². The second kappa shape index (κ2) is 11.0. The third-order valence-corrected chi connectivity index (χ3v) is 6.17. The van der Waals surface area contributed by atoms with Gasteiger partial charge in [-0.1, -0.05) is 18.6 Å². The average molecular weight is 527 g/mol. The molecule has 0 aliphatic carbocycles. The first-order valence-electron chi connectivity index (χ1n) is 12.0. The van der Waals surface area contributed by atoms with Crippen molar-refractivity contribution in [3.63, 3.8) is 0 Å².